The summed E-state index contributed by atoms with van der Waals surface area (Å²) in [6.07, 6.45) is 0. The number of carbonyl (C=O) groups excluding carboxylic acids is 1. The van der Waals surface area contributed by atoms with Crippen molar-refractivity contribution >= 4 is 33.1 Å². The number of fused-ring (bicyclic) bond motifs is 1. The van der Waals surface area contributed by atoms with Crippen molar-refractivity contribution in [2.24, 2.45) is 0 Å². The van der Waals surface area contributed by atoms with Crippen molar-refractivity contribution in [3.63, 3.8) is 0 Å². The molecule has 0 aliphatic carbocycles. The van der Waals surface area contributed by atoms with Gasteiger partial charge in [0.1, 0.15) is 10.7 Å². The predicted octanol–water partition coefficient (Wildman–Crippen LogP) is 4.36. The molecule has 0 amide bonds. The maximum atomic E-state index is 13.0. The maximum Gasteiger partial charge on any atom is 0.348 e. The highest BCUT2D eigenvalue weighted by molar-refractivity contribution is 7.20. The van der Waals surface area contributed by atoms with Crippen LogP contribution in [0.25, 0.3) is 21.5 Å². The summed E-state index contributed by atoms with van der Waals surface area (Å²) in [6, 6.07) is 11.5. The van der Waals surface area contributed by atoms with Gasteiger partial charge in [0.25, 0.3) is 11.6 Å². The van der Waals surface area contributed by atoms with Crippen LogP contribution in [0.2, 0.25) is 0 Å². The van der Waals surface area contributed by atoms with E-state index in [-0.39, 0.29) is 29.8 Å². The maximum absolute atomic E-state index is 13.0. The number of benzene rings is 2. The van der Waals surface area contributed by atoms with Crippen LogP contribution < -0.4 is 0 Å². The summed E-state index contributed by atoms with van der Waals surface area (Å²) in [4.78, 5) is 27.0. The molecule has 10 heteroatoms. The molecule has 0 atom stereocenters. The second kappa shape index (κ2) is 7.16. The first-order chi connectivity index (χ1) is 13.5. The van der Waals surface area contributed by atoms with E-state index >= 15 is 0 Å². The number of aromatic nitrogens is 2. The number of halogens is 1. The molecule has 0 N–H and O–H groups in total. The van der Waals surface area contributed by atoms with Gasteiger partial charge >= 0.3 is 5.97 Å². The van der Waals surface area contributed by atoms with Crippen molar-refractivity contribution in [3.05, 3.63) is 75.2 Å². The van der Waals surface area contributed by atoms with Crippen LogP contribution in [0.3, 0.4) is 0 Å². The Morgan fingerprint density at radius 1 is 1.21 bits per heavy atom. The van der Waals surface area contributed by atoms with Gasteiger partial charge in [0.05, 0.1) is 4.92 Å². The summed E-state index contributed by atoms with van der Waals surface area (Å²) < 4.78 is 23.9. The van der Waals surface area contributed by atoms with Crippen molar-refractivity contribution in [2.75, 3.05) is 0 Å². The molecular formula is C18H10FN3O5S. The number of carbonyl (C=O) groups is 1. The lowest BCUT2D eigenvalue weighted by molar-refractivity contribution is -0.384. The van der Waals surface area contributed by atoms with Crippen LogP contribution in [-0.4, -0.2) is 21.0 Å². The van der Waals surface area contributed by atoms with Crippen LogP contribution in [0.5, 0.6) is 0 Å². The van der Waals surface area contributed by atoms with Gasteiger partial charge in [-0.25, -0.2) is 9.18 Å². The monoisotopic (exact) mass is 399 g/mol. The number of non-ortho nitro benzene ring substituents is 1. The average molecular weight is 399 g/mol. The quantitative estimate of drug-likeness (QED) is 0.279. The molecule has 0 saturated carbocycles. The first-order valence-electron chi connectivity index (χ1n) is 7.93. The zero-order valence-corrected chi connectivity index (χ0v) is 14.8. The van der Waals surface area contributed by atoms with E-state index in [1.165, 1.54) is 53.8 Å². The minimum Gasteiger partial charge on any atom is -0.451 e. The molecule has 2 heterocycles. The van der Waals surface area contributed by atoms with E-state index in [9.17, 15) is 19.3 Å². The second-order valence-electron chi connectivity index (χ2n) is 5.68. The average Bonchev–Trinajstić information content (AvgIpc) is 3.33. The number of nitro benzene ring substituents is 1. The Morgan fingerprint density at radius 2 is 2.00 bits per heavy atom. The zero-order chi connectivity index (χ0) is 19.7. The Balaban J connectivity index is 1.45. The van der Waals surface area contributed by atoms with Gasteiger partial charge in [-0.15, -0.1) is 11.3 Å². The number of ether oxygens (including phenoxy) is 1. The Hall–Kier alpha value is -3.66. The molecular weight excluding hydrogens is 389 g/mol. The molecule has 0 aliphatic heterocycles. The molecule has 0 aliphatic rings. The lowest BCUT2D eigenvalue weighted by Gasteiger charge is -1.98. The van der Waals surface area contributed by atoms with Gasteiger partial charge in [0.15, 0.2) is 6.61 Å². The molecule has 140 valence electrons. The summed E-state index contributed by atoms with van der Waals surface area (Å²) in [6.45, 7) is -0.235. The number of hydrogen-bond acceptors (Lipinski definition) is 8. The van der Waals surface area contributed by atoms with Crippen molar-refractivity contribution < 1.29 is 23.4 Å². The lowest BCUT2D eigenvalue weighted by Crippen LogP contribution is -2.03. The minimum absolute atomic E-state index is 0.0515. The Labute approximate surface area is 160 Å². The highest BCUT2D eigenvalue weighted by atomic mass is 32.1. The summed E-state index contributed by atoms with van der Waals surface area (Å²) in [5.41, 5.74) is 0.512. The number of esters is 1. The highest BCUT2D eigenvalue weighted by Gasteiger charge is 2.16. The standard InChI is InChI=1S/C18H10FN3O5S/c19-12-3-1-10(2-4-12)17-20-16(27-21-17)9-26-18(23)15-8-11-7-13(22(24)25)5-6-14(11)28-15/h1-8H,9H2. The van der Waals surface area contributed by atoms with Gasteiger partial charge in [0.2, 0.25) is 5.82 Å². The fourth-order valence-corrected chi connectivity index (χ4v) is 3.41. The number of nitro groups is 1. The fraction of sp³-hybridized carbons (Fsp3) is 0.0556. The smallest absolute Gasteiger partial charge is 0.348 e. The van der Waals surface area contributed by atoms with E-state index in [0.29, 0.717) is 15.8 Å². The SMILES string of the molecule is O=C(OCc1nc(-c2ccc(F)cc2)no1)c1cc2cc([N+](=O)[O-])ccc2s1. The molecule has 4 aromatic rings. The number of nitrogens with zero attached hydrogens (tertiary/aromatic N) is 3. The van der Waals surface area contributed by atoms with Crippen molar-refractivity contribution in [2.45, 2.75) is 6.61 Å². The van der Waals surface area contributed by atoms with Crippen molar-refractivity contribution in [3.8, 4) is 11.4 Å². The molecule has 0 unspecified atom stereocenters. The first-order valence-corrected chi connectivity index (χ1v) is 8.75. The summed E-state index contributed by atoms with van der Waals surface area (Å²) in [5.74, 6) is -0.648. The molecule has 28 heavy (non-hydrogen) atoms. The fourth-order valence-electron chi connectivity index (χ4n) is 2.47. The van der Waals surface area contributed by atoms with Crippen LogP contribution in [0, 0.1) is 15.9 Å². The van der Waals surface area contributed by atoms with Crippen molar-refractivity contribution in [1.82, 2.24) is 10.1 Å². The molecule has 0 fully saturated rings. The van der Waals surface area contributed by atoms with Gasteiger partial charge in [-0.2, -0.15) is 4.98 Å². The molecule has 0 saturated heterocycles. The van der Waals surface area contributed by atoms with Gasteiger partial charge in [-0.3, -0.25) is 10.1 Å². The normalized spacial score (nSPS) is 10.9. The topological polar surface area (TPSA) is 108 Å². The van der Waals surface area contributed by atoms with Gasteiger partial charge in [-0.1, -0.05) is 5.16 Å². The highest BCUT2D eigenvalue weighted by Crippen LogP contribution is 2.29. The lowest BCUT2D eigenvalue weighted by atomic mass is 10.2. The van der Waals surface area contributed by atoms with E-state index in [2.05, 4.69) is 10.1 Å². The molecule has 0 spiro atoms. The summed E-state index contributed by atoms with van der Waals surface area (Å²) in [5, 5.41) is 15.2. The van der Waals surface area contributed by atoms with Crippen LogP contribution in [0.4, 0.5) is 10.1 Å². The Morgan fingerprint density at radius 3 is 2.75 bits per heavy atom. The van der Waals surface area contributed by atoms with Gasteiger partial charge < -0.3 is 9.26 Å². The summed E-state index contributed by atoms with van der Waals surface area (Å²) in [7, 11) is 0. The molecule has 4 rings (SSSR count). The van der Waals surface area contributed by atoms with E-state index in [1.807, 2.05) is 0 Å². The first kappa shape index (κ1) is 17.7. The predicted molar refractivity (Wildman–Crippen MR) is 97.3 cm³/mol. The summed E-state index contributed by atoms with van der Waals surface area (Å²) >= 11 is 1.17. The van der Waals surface area contributed by atoms with Crippen LogP contribution in [-0.2, 0) is 11.3 Å². The van der Waals surface area contributed by atoms with E-state index < -0.39 is 10.9 Å². The zero-order valence-electron chi connectivity index (χ0n) is 14.0. The van der Waals surface area contributed by atoms with Crippen molar-refractivity contribution in [1.29, 1.82) is 0 Å². The molecule has 8 nitrogen and oxygen atoms in total. The number of rotatable bonds is 5. The van der Waals surface area contributed by atoms with Crippen LogP contribution in [0.15, 0.2) is 53.1 Å². The third-order valence-corrected chi connectivity index (χ3v) is 4.91. The minimum atomic E-state index is -0.606. The van der Waals surface area contributed by atoms with Crippen LogP contribution >= 0.6 is 11.3 Å². The Kier molecular flexibility index (Phi) is 4.53. The third kappa shape index (κ3) is 3.58. The molecule has 2 aromatic carbocycles. The number of hydrogen-bond donors (Lipinski definition) is 0. The second-order valence-corrected chi connectivity index (χ2v) is 6.77. The third-order valence-electron chi connectivity index (χ3n) is 3.81. The largest absolute Gasteiger partial charge is 0.451 e. The number of thiophene rings is 1. The van der Waals surface area contributed by atoms with E-state index in [4.69, 9.17) is 9.26 Å². The molecule has 2 aromatic heterocycles. The Bertz CT molecular complexity index is 1190. The van der Waals surface area contributed by atoms with Gasteiger partial charge in [0, 0.05) is 27.8 Å². The van der Waals surface area contributed by atoms with Crippen LogP contribution in [0.1, 0.15) is 15.6 Å². The molecule has 0 radical (unpaired) electrons. The van der Waals surface area contributed by atoms with Gasteiger partial charge in [-0.05, 0) is 36.4 Å². The molecule has 0 bridgehead atoms. The van der Waals surface area contributed by atoms with E-state index in [0.717, 1.165) is 4.70 Å². The van der Waals surface area contributed by atoms with E-state index in [1.54, 1.807) is 6.07 Å².